The lowest BCUT2D eigenvalue weighted by atomic mass is 9.71. The van der Waals surface area contributed by atoms with Gasteiger partial charge in [-0.2, -0.15) is 0 Å². The zero-order valence-electron chi connectivity index (χ0n) is 15.7. The maximum absolute atomic E-state index is 13.0. The molecule has 28 heavy (non-hydrogen) atoms. The molecule has 2 aliphatic rings. The highest BCUT2D eigenvalue weighted by atomic mass is 35.5. The van der Waals surface area contributed by atoms with Crippen LogP contribution in [0.1, 0.15) is 39.9 Å². The number of fused-ring (bicyclic) bond motifs is 2. The summed E-state index contributed by atoms with van der Waals surface area (Å²) in [5, 5.41) is 3.86. The Morgan fingerprint density at radius 2 is 1.96 bits per heavy atom. The summed E-state index contributed by atoms with van der Waals surface area (Å²) in [6.07, 6.45) is 2.17. The lowest BCUT2D eigenvalue weighted by molar-refractivity contribution is -0.176. The molecule has 146 valence electrons. The van der Waals surface area contributed by atoms with Gasteiger partial charge in [0, 0.05) is 35.1 Å². The van der Waals surface area contributed by atoms with Crippen LogP contribution in [-0.2, 0) is 16.4 Å². The SMILES string of the molecule is Cc1cc(Cl)ccc1C(=O)NC1Cc2ccccc2C12CCN([P+](=O)[O-])CC2. The third-order valence-corrected chi connectivity index (χ3v) is 7.34. The van der Waals surface area contributed by atoms with Crippen LogP contribution in [-0.4, -0.2) is 29.7 Å². The number of piperidine rings is 1. The molecular weight excluding hydrogens is 395 g/mol. The Morgan fingerprint density at radius 3 is 2.64 bits per heavy atom. The van der Waals surface area contributed by atoms with E-state index in [2.05, 4.69) is 17.4 Å². The highest BCUT2D eigenvalue weighted by molar-refractivity contribution is 7.33. The molecule has 0 bridgehead atoms. The van der Waals surface area contributed by atoms with Crippen LogP contribution in [0.25, 0.3) is 0 Å². The zero-order chi connectivity index (χ0) is 19.9. The molecule has 1 N–H and O–H groups in total. The summed E-state index contributed by atoms with van der Waals surface area (Å²) in [7, 11) is -2.56. The average molecular weight is 417 g/mol. The first-order valence-corrected chi connectivity index (χ1v) is 11.0. The summed E-state index contributed by atoms with van der Waals surface area (Å²) < 4.78 is 12.9. The minimum Gasteiger partial charge on any atom is -0.578 e. The number of rotatable bonds is 3. The lowest BCUT2D eigenvalue weighted by Gasteiger charge is -2.41. The van der Waals surface area contributed by atoms with E-state index in [1.165, 1.54) is 15.8 Å². The Hall–Kier alpha value is -1.78. The number of hydrogen-bond donors (Lipinski definition) is 1. The number of hydrogen-bond acceptors (Lipinski definition) is 3. The number of benzene rings is 2. The molecule has 5 nitrogen and oxygen atoms in total. The molecule has 1 heterocycles. The number of nitrogens with zero attached hydrogens (tertiary/aromatic N) is 1. The molecule has 7 heteroatoms. The van der Waals surface area contributed by atoms with Crippen LogP contribution in [0.5, 0.6) is 0 Å². The third-order valence-electron chi connectivity index (χ3n) is 6.25. The second-order valence-electron chi connectivity index (χ2n) is 7.69. The summed E-state index contributed by atoms with van der Waals surface area (Å²) in [6.45, 7) is 2.85. The molecule has 1 spiro atoms. The van der Waals surface area contributed by atoms with Crippen LogP contribution in [0, 0.1) is 6.92 Å². The maximum Gasteiger partial charge on any atom is 0.411 e. The van der Waals surface area contributed by atoms with E-state index in [0.29, 0.717) is 36.5 Å². The Morgan fingerprint density at radius 1 is 1.25 bits per heavy atom. The Kier molecular flexibility index (Phi) is 5.28. The first-order chi connectivity index (χ1) is 13.4. The fourth-order valence-corrected chi connectivity index (χ4v) is 5.52. The second-order valence-corrected chi connectivity index (χ2v) is 9.17. The minimum absolute atomic E-state index is 0.0563. The van der Waals surface area contributed by atoms with Gasteiger partial charge in [0.15, 0.2) is 0 Å². The van der Waals surface area contributed by atoms with Gasteiger partial charge in [-0.1, -0.05) is 45.1 Å². The number of carbonyl (C=O) groups excluding carboxylic acids is 1. The molecule has 1 aliphatic carbocycles. The zero-order valence-corrected chi connectivity index (χ0v) is 17.3. The second kappa shape index (κ2) is 7.57. The van der Waals surface area contributed by atoms with Gasteiger partial charge >= 0.3 is 8.18 Å². The van der Waals surface area contributed by atoms with Crippen molar-refractivity contribution in [2.75, 3.05) is 13.1 Å². The summed E-state index contributed by atoms with van der Waals surface area (Å²) >= 11 is 6.02. The van der Waals surface area contributed by atoms with Gasteiger partial charge in [0.2, 0.25) is 0 Å². The topological polar surface area (TPSA) is 72.5 Å². The number of aryl methyl sites for hydroxylation is 1. The number of nitrogens with one attached hydrogen (secondary N) is 1. The van der Waals surface area contributed by atoms with E-state index < -0.39 is 8.18 Å². The average Bonchev–Trinajstić information content (AvgIpc) is 2.95. The van der Waals surface area contributed by atoms with Crippen molar-refractivity contribution in [3.8, 4) is 0 Å². The van der Waals surface area contributed by atoms with Gasteiger partial charge in [0.1, 0.15) is 0 Å². The Labute approximate surface area is 170 Å². The van der Waals surface area contributed by atoms with Crippen molar-refractivity contribution in [1.29, 1.82) is 0 Å². The largest absolute Gasteiger partial charge is 0.578 e. The summed E-state index contributed by atoms with van der Waals surface area (Å²) in [5.74, 6) is -0.108. The first kappa shape index (κ1) is 19.5. The molecule has 1 fully saturated rings. The van der Waals surface area contributed by atoms with E-state index in [1.807, 2.05) is 19.1 Å². The van der Waals surface area contributed by atoms with Crippen molar-refractivity contribution in [2.45, 2.75) is 37.6 Å². The number of carbonyl (C=O) groups is 1. The molecule has 0 aromatic heterocycles. The van der Waals surface area contributed by atoms with Crippen molar-refractivity contribution in [3.63, 3.8) is 0 Å². The van der Waals surface area contributed by atoms with Crippen molar-refractivity contribution in [2.24, 2.45) is 0 Å². The smallest absolute Gasteiger partial charge is 0.411 e. The third kappa shape index (κ3) is 3.37. The molecule has 2 aromatic carbocycles. The van der Waals surface area contributed by atoms with Crippen LogP contribution in [0.15, 0.2) is 42.5 Å². The van der Waals surface area contributed by atoms with E-state index in [-0.39, 0.29) is 17.4 Å². The minimum atomic E-state index is -2.56. The lowest BCUT2D eigenvalue weighted by Crippen LogP contribution is -2.53. The normalized spacial score (nSPS) is 21.4. The van der Waals surface area contributed by atoms with Crippen molar-refractivity contribution in [3.05, 3.63) is 69.7 Å². The molecule has 2 aromatic rings. The van der Waals surface area contributed by atoms with E-state index in [9.17, 15) is 14.3 Å². The van der Waals surface area contributed by atoms with Crippen molar-refractivity contribution < 1.29 is 14.3 Å². The van der Waals surface area contributed by atoms with Crippen molar-refractivity contribution in [1.82, 2.24) is 9.99 Å². The van der Waals surface area contributed by atoms with Crippen molar-refractivity contribution >= 4 is 25.7 Å². The Balaban J connectivity index is 1.63. The monoisotopic (exact) mass is 416 g/mol. The molecular formula is C21H22ClN2O3P. The standard InChI is InChI=1S/C21H22ClN2O3P/c1-14-12-16(22)6-7-17(14)20(25)23-19-13-15-4-2-3-5-18(15)21(19)8-10-24(11-9-21)28(26)27/h2-7,12,19H,8-11,13H2,1H3,(H,23,25). The maximum atomic E-state index is 13.0. The van der Waals surface area contributed by atoms with Crippen LogP contribution in [0.2, 0.25) is 5.02 Å². The van der Waals surface area contributed by atoms with Crippen LogP contribution >= 0.6 is 19.8 Å². The Bertz CT molecular complexity index is 941. The fraction of sp³-hybridized carbons (Fsp3) is 0.381. The molecule has 1 saturated heterocycles. The van der Waals surface area contributed by atoms with E-state index in [0.717, 1.165) is 12.0 Å². The van der Waals surface area contributed by atoms with Crippen LogP contribution < -0.4 is 10.2 Å². The predicted molar refractivity (Wildman–Crippen MR) is 108 cm³/mol. The van der Waals surface area contributed by atoms with Gasteiger partial charge in [-0.3, -0.25) is 4.79 Å². The van der Waals surface area contributed by atoms with Gasteiger partial charge < -0.3 is 10.2 Å². The molecule has 4 rings (SSSR count). The van der Waals surface area contributed by atoms with Gasteiger partial charge in [-0.25, -0.2) is 0 Å². The first-order valence-electron chi connectivity index (χ1n) is 9.45. The highest BCUT2D eigenvalue weighted by Crippen LogP contribution is 2.47. The van der Waals surface area contributed by atoms with Gasteiger partial charge in [0.25, 0.3) is 5.91 Å². The number of amides is 1. The predicted octanol–water partition coefficient (Wildman–Crippen LogP) is 3.35. The van der Waals surface area contributed by atoms with Crippen LogP contribution in [0.4, 0.5) is 0 Å². The summed E-state index contributed by atoms with van der Waals surface area (Å²) in [4.78, 5) is 24.4. The quantitative estimate of drug-likeness (QED) is 0.779. The molecule has 1 aliphatic heterocycles. The molecule has 0 saturated carbocycles. The number of halogens is 1. The van der Waals surface area contributed by atoms with Gasteiger partial charge in [0.05, 0.1) is 0 Å². The van der Waals surface area contributed by atoms with E-state index in [1.54, 1.807) is 18.2 Å². The molecule has 1 amide bonds. The summed E-state index contributed by atoms with van der Waals surface area (Å²) in [5.41, 5.74) is 3.71. The van der Waals surface area contributed by atoms with Crippen LogP contribution in [0.3, 0.4) is 0 Å². The van der Waals surface area contributed by atoms with E-state index in [4.69, 9.17) is 11.6 Å². The molecule has 2 unspecified atom stereocenters. The van der Waals surface area contributed by atoms with Gasteiger partial charge in [-0.05, 0) is 61.1 Å². The molecule has 0 radical (unpaired) electrons. The van der Waals surface area contributed by atoms with Gasteiger partial charge in [-0.15, -0.1) is 0 Å². The molecule has 2 atom stereocenters. The highest BCUT2D eigenvalue weighted by Gasteiger charge is 2.50. The van der Waals surface area contributed by atoms with E-state index >= 15 is 0 Å². The summed E-state index contributed by atoms with van der Waals surface area (Å²) in [6, 6.07) is 13.5. The fourth-order valence-electron chi connectivity index (χ4n) is 4.77.